The van der Waals surface area contributed by atoms with Crippen LogP contribution >= 0.6 is 0 Å². The zero-order chi connectivity index (χ0) is 19.1. The van der Waals surface area contributed by atoms with Crippen LogP contribution in [-0.2, 0) is 13.5 Å². The number of nitrogens with zero attached hydrogens (tertiary/aromatic N) is 3. The molecule has 0 saturated carbocycles. The molecule has 2 aromatic carbocycles. The molecule has 0 bridgehead atoms. The van der Waals surface area contributed by atoms with Crippen molar-refractivity contribution in [3.05, 3.63) is 59.8 Å². The van der Waals surface area contributed by atoms with Crippen molar-refractivity contribution in [1.82, 2.24) is 9.78 Å². The summed E-state index contributed by atoms with van der Waals surface area (Å²) in [5, 5.41) is 4.57. The average molecular weight is 375 g/mol. The normalized spacial score (nSPS) is 15.2. The van der Waals surface area contributed by atoms with Crippen molar-refractivity contribution in [2.24, 2.45) is 7.05 Å². The van der Waals surface area contributed by atoms with Gasteiger partial charge in [0.15, 0.2) is 11.5 Å². The predicted octanol–water partition coefficient (Wildman–Crippen LogP) is 3.45. The molecule has 0 fully saturated rings. The van der Waals surface area contributed by atoms with Crippen LogP contribution in [0.4, 0.5) is 5.69 Å². The number of aryl methyl sites for hydroxylation is 1. The molecule has 0 saturated heterocycles. The van der Waals surface area contributed by atoms with E-state index in [1.54, 1.807) is 10.9 Å². The number of amides is 1. The molecule has 0 radical (unpaired) electrons. The van der Waals surface area contributed by atoms with Crippen molar-refractivity contribution >= 4 is 11.6 Å². The molecule has 0 aliphatic carbocycles. The van der Waals surface area contributed by atoms with Gasteiger partial charge in [-0.1, -0.05) is 18.2 Å². The molecular formula is C22H21N3O3. The number of carbonyl (C=O) groups is 1. The fourth-order valence-electron chi connectivity index (χ4n) is 3.86. The van der Waals surface area contributed by atoms with Crippen LogP contribution in [0.15, 0.2) is 48.7 Å². The van der Waals surface area contributed by atoms with Gasteiger partial charge in [-0.25, -0.2) is 0 Å². The minimum absolute atomic E-state index is 0.0276. The van der Waals surface area contributed by atoms with E-state index in [-0.39, 0.29) is 5.91 Å². The van der Waals surface area contributed by atoms with Crippen molar-refractivity contribution in [3.8, 4) is 22.8 Å². The van der Waals surface area contributed by atoms with E-state index in [2.05, 4.69) is 11.2 Å². The average Bonchev–Trinajstić information content (AvgIpc) is 3.23. The molecule has 0 spiro atoms. The molecule has 3 aromatic rings. The summed E-state index contributed by atoms with van der Waals surface area (Å²) >= 11 is 0. The minimum atomic E-state index is -0.0276. The summed E-state index contributed by atoms with van der Waals surface area (Å²) in [4.78, 5) is 15.2. The van der Waals surface area contributed by atoms with Gasteiger partial charge in [-0.05, 0) is 36.2 Å². The van der Waals surface area contributed by atoms with Gasteiger partial charge in [-0.15, -0.1) is 0 Å². The number of ether oxygens (including phenoxy) is 2. The van der Waals surface area contributed by atoms with Crippen LogP contribution in [0.25, 0.3) is 11.3 Å². The largest absolute Gasteiger partial charge is 0.490 e. The van der Waals surface area contributed by atoms with E-state index in [9.17, 15) is 4.79 Å². The second-order valence-corrected chi connectivity index (χ2v) is 7.11. The first-order chi connectivity index (χ1) is 13.7. The molecule has 0 atom stereocenters. The smallest absolute Gasteiger partial charge is 0.262 e. The number of carbonyl (C=O) groups excluding carboxylic acids is 1. The van der Waals surface area contributed by atoms with E-state index >= 15 is 0 Å². The maximum Gasteiger partial charge on any atom is 0.262 e. The Labute approximate surface area is 163 Å². The number of para-hydroxylation sites is 1. The Bertz CT molecular complexity index is 1060. The highest BCUT2D eigenvalue weighted by Gasteiger charge is 2.29. The van der Waals surface area contributed by atoms with E-state index < -0.39 is 0 Å². The van der Waals surface area contributed by atoms with Gasteiger partial charge < -0.3 is 14.4 Å². The van der Waals surface area contributed by atoms with Crippen LogP contribution < -0.4 is 14.4 Å². The predicted molar refractivity (Wildman–Crippen MR) is 106 cm³/mol. The minimum Gasteiger partial charge on any atom is -0.490 e. The summed E-state index contributed by atoms with van der Waals surface area (Å²) in [6.45, 7) is 1.96. The van der Waals surface area contributed by atoms with Crippen molar-refractivity contribution < 1.29 is 14.3 Å². The van der Waals surface area contributed by atoms with Crippen molar-refractivity contribution in [2.75, 3.05) is 24.7 Å². The molecule has 2 aliphatic rings. The first-order valence-corrected chi connectivity index (χ1v) is 9.54. The third-order valence-corrected chi connectivity index (χ3v) is 5.21. The maximum absolute atomic E-state index is 13.4. The first kappa shape index (κ1) is 16.9. The molecule has 1 aromatic heterocycles. The lowest BCUT2D eigenvalue weighted by molar-refractivity contribution is 0.0990. The Morgan fingerprint density at radius 3 is 2.79 bits per heavy atom. The Morgan fingerprint density at radius 1 is 1.07 bits per heavy atom. The summed E-state index contributed by atoms with van der Waals surface area (Å²) in [5.74, 6) is 1.41. The van der Waals surface area contributed by atoms with Gasteiger partial charge in [0.25, 0.3) is 5.91 Å². The molecule has 28 heavy (non-hydrogen) atoms. The number of fused-ring (bicyclic) bond motifs is 2. The van der Waals surface area contributed by atoms with Crippen LogP contribution in [0, 0.1) is 0 Å². The van der Waals surface area contributed by atoms with Gasteiger partial charge in [0.1, 0.15) is 5.69 Å². The molecular weight excluding hydrogens is 354 g/mol. The van der Waals surface area contributed by atoms with Crippen molar-refractivity contribution in [1.29, 1.82) is 0 Å². The molecule has 5 rings (SSSR count). The van der Waals surface area contributed by atoms with Crippen LogP contribution in [0.1, 0.15) is 22.3 Å². The van der Waals surface area contributed by atoms with Gasteiger partial charge in [-0.2, -0.15) is 5.10 Å². The van der Waals surface area contributed by atoms with Gasteiger partial charge in [0.2, 0.25) is 0 Å². The molecule has 142 valence electrons. The zero-order valence-corrected chi connectivity index (χ0v) is 15.7. The monoisotopic (exact) mass is 375 g/mol. The SMILES string of the molecule is Cn1cc(C(=O)N2CCc3ccccc32)c(-c2ccc3c(c2)OCCCO3)n1. The van der Waals surface area contributed by atoms with Crippen LogP contribution in [0.3, 0.4) is 0 Å². The molecule has 0 N–H and O–H groups in total. The van der Waals surface area contributed by atoms with Crippen molar-refractivity contribution in [3.63, 3.8) is 0 Å². The van der Waals surface area contributed by atoms with Gasteiger partial charge in [0.05, 0.1) is 18.8 Å². The number of benzene rings is 2. The second kappa shape index (κ2) is 6.71. The fourth-order valence-corrected chi connectivity index (χ4v) is 3.86. The number of aromatic nitrogens is 2. The molecule has 6 nitrogen and oxygen atoms in total. The Hall–Kier alpha value is -3.28. The summed E-state index contributed by atoms with van der Waals surface area (Å²) in [5.41, 5.74) is 4.29. The quantitative estimate of drug-likeness (QED) is 0.688. The number of hydrogen-bond donors (Lipinski definition) is 0. The first-order valence-electron chi connectivity index (χ1n) is 9.54. The summed E-state index contributed by atoms with van der Waals surface area (Å²) in [7, 11) is 1.83. The molecule has 1 amide bonds. The zero-order valence-electron chi connectivity index (χ0n) is 15.7. The summed E-state index contributed by atoms with van der Waals surface area (Å²) in [6, 6.07) is 13.8. The third kappa shape index (κ3) is 2.81. The van der Waals surface area contributed by atoms with Gasteiger partial charge >= 0.3 is 0 Å². The van der Waals surface area contributed by atoms with Crippen molar-refractivity contribution in [2.45, 2.75) is 12.8 Å². The highest BCUT2D eigenvalue weighted by Crippen LogP contribution is 2.36. The number of rotatable bonds is 2. The van der Waals surface area contributed by atoms with E-state index in [4.69, 9.17) is 9.47 Å². The Morgan fingerprint density at radius 2 is 1.89 bits per heavy atom. The molecule has 3 heterocycles. The summed E-state index contributed by atoms with van der Waals surface area (Å²) in [6.07, 6.45) is 3.52. The second-order valence-electron chi connectivity index (χ2n) is 7.11. The van der Waals surface area contributed by atoms with E-state index in [1.807, 2.05) is 48.3 Å². The fraction of sp³-hybridized carbons (Fsp3) is 0.273. The number of anilines is 1. The lowest BCUT2D eigenvalue weighted by atomic mass is 10.1. The van der Waals surface area contributed by atoms with Gasteiger partial charge in [0, 0.05) is 37.5 Å². The lowest BCUT2D eigenvalue weighted by Crippen LogP contribution is -2.29. The standard InChI is InChI=1S/C22H21N3O3/c1-24-14-17(22(26)25-10-9-15-5-2-3-6-18(15)25)21(23-24)16-7-8-19-20(13-16)28-12-4-11-27-19/h2-3,5-8,13-14H,4,9-12H2,1H3. The third-order valence-electron chi connectivity index (χ3n) is 5.21. The van der Waals surface area contributed by atoms with Crippen LogP contribution in [0.5, 0.6) is 11.5 Å². The molecule has 2 aliphatic heterocycles. The Kier molecular flexibility index (Phi) is 4.04. The van der Waals surface area contributed by atoms with E-state index in [0.29, 0.717) is 36.8 Å². The molecule has 6 heteroatoms. The maximum atomic E-state index is 13.4. The Balaban J connectivity index is 1.53. The molecule has 0 unspecified atom stereocenters. The topological polar surface area (TPSA) is 56.6 Å². The van der Waals surface area contributed by atoms with Crippen LogP contribution in [0.2, 0.25) is 0 Å². The number of hydrogen-bond acceptors (Lipinski definition) is 4. The highest BCUT2D eigenvalue weighted by molar-refractivity contribution is 6.10. The van der Waals surface area contributed by atoms with Gasteiger partial charge in [-0.3, -0.25) is 9.48 Å². The summed E-state index contributed by atoms with van der Waals surface area (Å²) < 4.78 is 13.2. The lowest BCUT2D eigenvalue weighted by Gasteiger charge is -2.17. The van der Waals surface area contributed by atoms with Crippen LogP contribution in [-0.4, -0.2) is 35.4 Å². The van der Waals surface area contributed by atoms with E-state index in [0.717, 1.165) is 29.8 Å². The van der Waals surface area contributed by atoms with E-state index in [1.165, 1.54) is 5.56 Å². The highest BCUT2D eigenvalue weighted by atomic mass is 16.5.